The molecular formula is C14H11F2NO3. The van der Waals surface area contributed by atoms with Gasteiger partial charge in [0.2, 0.25) is 0 Å². The van der Waals surface area contributed by atoms with Crippen LogP contribution in [0.4, 0.5) is 8.78 Å². The van der Waals surface area contributed by atoms with Crippen LogP contribution in [0.5, 0.6) is 5.75 Å². The van der Waals surface area contributed by atoms with Crippen LogP contribution in [-0.4, -0.2) is 23.2 Å². The molecule has 2 rings (SSSR count). The van der Waals surface area contributed by atoms with E-state index < -0.39 is 17.6 Å². The first-order valence-electron chi connectivity index (χ1n) is 5.72. The third-order valence-electron chi connectivity index (χ3n) is 2.65. The first kappa shape index (κ1) is 13.9. The Labute approximate surface area is 113 Å². The summed E-state index contributed by atoms with van der Waals surface area (Å²) in [6, 6.07) is 6.13. The van der Waals surface area contributed by atoms with E-state index in [0.29, 0.717) is 11.3 Å². The monoisotopic (exact) mass is 279 g/mol. The Kier molecular flexibility index (Phi) is 3.93. The molecule has 0 spiro atoms. The molecule has 0 aliphatic rings. The second-order valence-electron chi connectivity index (χ2n) is 4.11. The SMILES string of the molecule is COc1ccc(Cc2cc(F)cc(F)c2)nc1C(=O)O. The molecule has 0 amide bonds. The fourth-order valence-corrected chi connectivity index (χ4v) is 1.83. The summed E-state index contributed by atoms with van der Waals surface area (Å²) >= 11 is 0. The number of pyridine rings is 1. The van der Waals surface area contributed by atoms with Crippen LogP contribution in [-0.2, 0) is 6.42 Å². The predicted molar refractivity (Wildman–Crippen MR) is 66.9 cm³/mol. The third-order valence-corrected chi connectivity index (χ3v) is 2.65. The highest BCUT2D eigenvalue weighted by Gasteiger charge is 2.14. The van der Waals surface area contributed by atoms with Crippen molar-refractivity contribution in [2.75, 3.05) is 7.11 Å². The number of benzene rings is 1. The van der Waals surface area contributed by atoms with Crippen molar-refractivity contribution in [1.82, 2.24) is 4.98 Å². The van der Waals surface area contributed by atoms with Crippen LogP contribution in [0.1, 0.15) is 21.7 Å². The molecule has 1 aromatic carbocycles. The molecule has 0 radical (unpaired) electrons. The zero-order valence-corrected chi connectivity index (χ0v) is 10.6. The Bertz CT molecular complexity index is 639. The average Bonchev–Trinajstić information content (AvgIpc) is 2.37. The van der Waals surface area contributed by atoms with Gasteiger partial charge in [0.25, 0.3) is 0 Å². The van der Waals surface area contributed by atoms with E-state index >= 15 is 0 Å². The predicted octanol–water partition coefficient (Wildman–Crippen LogP) is 2.66. The molecular weight excluding hydrogens is 268 g/mol. The van der Waals surface area contributed by atoms with Crippen molar-refractivity contribution >= 4 is 5.97 Å². The number of carboxylic acid groups (broad SMARTS) is 1. The molecule has 0 bridgehead atoms. The van der Waals surface area contributed by atoms with Gasteiger partial charge in [0, 0.05) is 18.2 Å². The number of carbonyl (C=O) groups is 1. The molecule has 0 aliphatic heterocycles. The van der Waals surface area contributed by atoms with E-state index in [9.17, 15) is 13.6 Å². The normalized spacial score (nSPS) is 10.3. The molecule has 0 saturated carbocycles. The van der Waals surface area contributed by atoms with Crippen LogP contribution in [0.3, 0.4) is 0 Å². The van der Waals surface area contributed by atoms with Crippen LogP contribution in [0, 0.1) is 11.6 Å². The largest absolute Gasteiger partial charge is 0.494 e. The van der Waals surface area contributed by atoms with E-state index in [-0.39, 0.29) is 17.9 Å². The number of aromatic carboxylic acids is 1. The number of hydrogen-bond acceptors (Lipinski definition) is 3. The summed E-state index contributed by atoms with van der Waals surface area (Å²) in [7, 11) is 1.34. The van der Waals surface area contributed by atoms with Gasteiger partial charge in [-0.25, -0.2) is 18.6 Å². The van der Waals surface area contributed by atoms with Crippen LogP contribution in [0.25, 0.3) is 0 Å². The summed E-state index contributed by atoms with van der Waals surface area (Å²) in [5.41, 5.74) is 0.520. The van der Waals surface area contributed by atoms with Crippen molar-refractivity contribution in [3.63, 3.8) is 0 Å². The van der Waals surface area contributed by atoms with Gasteiger partial charge in [0.15, 0.2) is 11.4 Å². The fourth-order valence-electron chi connectivity index (χ4n) is 1.83. The Morgan fingerprint density at radius 2 is 1.90 bits per heavy atom. The Morgan fingerprint density at radius 1 is 1.25 bits per heavy atom. The van der Waals surface area contributed by atoms with Crippen molar-refractivity contribution in [2.45, 2.75) is 6.42 Å². The van der Waals surface area contributed by atoms with Crippen LogP contribution < -0.4 is 4.74 Å². The highest BCUT2D eigenvalue weighted by molar-refractivity contribution is 5.88. The Balaban J connectivity index is 2.34. The number of halogens is 2. The Morgan fingerprint density at radius 3 is 2.45 bits per heavy atom. The second kappa shape index (κ2) is 5.64. The number of carboxylic acids is 1. The molecule has 104 valence electrons. The smallest absolute Gasteiger partial charge is 0.358 e. The van der Waals surface area contributed by atoms with Gasteiger partial charge in [0.05, 0.1) is 7.11 Å². The van der Waals surface area contributed by atoms with Crippen LogP contribution in [0.2, 0.25) is 0 Å². The minimum atomic E-state index is -1.23. The minimum Gasteiger partial charge on any atom is -0.494 e. The lowest BCUT2D eigenvalue weighted by Crippen LogP contribution is -2.06. The lowest BCUT2D eigenvalue weighted by atomic mass is 10.1. The van der Waals surface area contributed by atoms with Gasteiger partial charge >= 0.3 is 5.97 Å². The number of hydrogen-bond donors (Lipinski definition) is 1. The number of nitrogens with zero attached hydrogens (tertiary/aromatic N) is 1. The fraction of sp³-hybridized carbons (Fsp3) is 0.143. The van der Waals surface area contributed by atoms with Gasteiger partial charge in [-0.05, 0) is 29.8 Å². The molecule has 1 N–H and O–H groups in total. The van der Waals surface area contributed by atoms with Crippen molar-refractivity contribution in [2.24, 2.45) is 0 Å². The van der Waals surface area contributed by atoms with Gasteiger partial charge in [-0.3, -0.25) is 0 Å². The van der Waals surface area contributed by atoms with Gasteiger partial charge in [0.1, 0.15) is 11.6 Å². The van der Waals surface area contributed by atoms with E-state index in [1.54, 1.807) is 6.07 Å². The lowest BCUT2D eigenvalue weighted by Gasteiger charge is -2.07. The number of ether oxygens (including phenoxy) is 1. The van der Waals surface area contributed by atoms with E-state index in [1.807, 2.05) is 0 Å². The van der Waals surface area contributed by atoms with Crippen LogP contribution in [0.15, 0.2) is 30.3 Å². The molecule has 0 atom stereocenters. The van der Waals surface area contributed by atoms with Gasteiger partial charge in [-0.1, -0.05) is 0 Å². The number of methoxy groups -OCH3 is 1. The second-order valence-corrected chi connectivity index (χ2v) is 4.11. The van der Waals surface area contributed by atoms with E-state index in [0.717, 1.165) is 6.07 Å². The third kappa shape index (κ3) is 3.09. The summed E-state index contributed by atoms with van der Waals surface area (Å²) in [4.78, 5) is 15.0. The molecule has 2 aromatic rings. The molecule has 0 aliphatic carbocycles. The molecule has 1 heterocycles. The van der Waals surface area contributed by atoms with Crippen molar-refractivity contribution in [3.8, 4) is 5.75 Å². The van der Waals surface area contributed by atoms with Crippen molar-refractivity contribution in [3.05, 3.63) is 58.9 Å². The summed E-state index contributed by atoms with van der Waals surface area (Å²) in [5.74, 6) is -2.47. The maximum absolute atomic E-state index is 13.1. The minimum absolute atomic E-state index is 0.124. The first-order valence-corrected chi connectivity index (χ1v) is 5.72. The van der Waals surface area contributed by atoms with Gasteiger partial charge in [-0.2, -0.15) is 0 Å². The highest BCUT2D eigenvalue weighted by Crippen LogP contribution is 2.19. The van der Waals surface area contributed by atoms with Crippen LogP contribution >= 0.6 is 0 Å². The molecule has 6 heteroatoms. The standard InChI is InChI=1S/C14H11F2NO3/c1-20-12-3-2-11(17-13(12)14(18)19)6-8-4-9(15)7-10(16)5-8/h2-5,7H,6H2,1H3,(H,18,19). The van der Waals surface area contributed by atoms with E-state index in [1.165, 1.54) is 25.3 Å². The number of aromatic nitrogens is 1. The van der Waals surface area contributed by atoms with Gasteiger partial charge in [-0.15, -0.1) is 0 Å². The van der Waals surface area contributed by atoms with Crippen molar-refractivity contribution in [1.29, 1.82) is 0 Å². The molecule has 4 nitrogen and oxygen atoms in total. The quantitative estimate of drug-likeness (QED) is 0.934. The molecule has 20 heavy (non-hydrogen) atoms. The lowest BCUT2D eigenvalue weighted by molar-refractivity contribution is 0.0686. The maximum atomic E-state index is 13.1. The summed E-state index contributed by atoms with van der Waals surface area (Å²) in [5, 5.41) is 9.01. The molecule has 0 saturated heterocycles. The molecule has 0 unspecified atom stereocenters. The highest BCUT2D eigenvalue weighted by atomic mass is 19.1. The summed E-state index contributed by atoms with van der Waals surface area (Å²) in [6.45, 7) is 0. The van der Waals surface area contributed by atoms with Gasteiger partial charge < -0.3 is 9.84 Å². The van der Waals surface area contributed by atoms with E-state index in [2.05, 4.69) is 4.98 Å². The summed E-state index contributed by atoms with van der Waals surface area (Å²) in [6.07, 6.45) is 0.124. The number of rotatable bonds is 4. The molecule has 1 aromatic heterocycles. The van der Waals surface area contributed by atoms with E-state index in [4.69, 9.17) is 9.84 Å². The zero-order chi connectivity index (χ0) is 14.7. The van der Waals surface area contributed by atoms with Crippen molar-refractivity contribution < 1.29 is 23.4 Å². The Hall–Kier alpha value is -2.50. The first-order chi connectivity index (χ1) is 9.49. The zero-order valence-electron chi connectivity index (χ0n) is 10.6. The summed E-state index contributed by atoms with van der Waals surface area (Å²) < 4.78 is 31.1. The average molecular weight is 279 g/mol. The molecule has 0 fully saturated rings. The maximum Gasteiger partial charge on any atom is 0.358 e. The topological polar surface area (TPSA) is 59.4 Å².